The van der Waals surface area contributed by atoms with Crippen molar-refractivity contribution in [2.24, 2.45) is 9.98 Å². The molecule has 0 aliphatic carbocycles. The number of rotatable bonds is 3. The van der Waals surface area contributed by atoms with Crippen LogP contribution >= 0.6 is 11.6 Å². The lowest BCUT2D eigenvalue weighted by Gasteiger charge is -2.28. The van der Waals surface area contributed by atoms with Crippen molar-refractivity contribution in [3.8, 4) is 5.75 Å². The summed E-state index contributed by atoms with van der Waals surface area (Å²) in [5.41, 5.74) is 2.56. The van der Waals surface area contributed by atoms with Crippen molar-refractivity contribution in [2.75, 3.05) is 36.5 Å². The van der Waals surface area contributed by atoms with Gasteiger partial charge in [0.15, 0.2) is 6.17 Å². The fraction of sp³-hybridized carbons (Fsp3) is 0.500. The molecule has 30 heavy (non-hydrogen) atoms. The molecule has 1 saturated heterocycles. The molecule has 5 rings (SSSR count). The number of fused-ring (bicyclic) bond motifs is 2. The molecule has 2 unspecified atom stereocenters. The van der Waals surface area contributed by atoms with Gasteiger partial charge in [0.1, 0.15) is 22.1 Å². The van der Waals surface area contributed by atoms with E-state index < -0.39 is 6.17 Å². The molecule has 4 heterocycles. The molecule has 3 aliphatic heterocycles. The lowest BCUT2D eigenvalue weighted by molar-refractivity contribution is 0.122. The van der Waals surface area contributed by atoms with E-state index in [2.05, 4.69) is 36.0 Å². The third-order valence-corrected chi connectivity index (χ3v) is 6.65. The minimum Gasteiger partial charge on any atom is -0.505 e. The second-order valence-electron chi connectivity index (χ2n) is 8.66. The van der Waals surface area contributed by atoms with E-state index in [9.17, 15) is 5.11 Å². The average molecular weight is 428 g/mol. The fourth-order valence-corrected chi connectivity index (χ4v) is 5.04. The Hall–Kier alpha value is -2.38. The maximum absolute atomic E-state index is 11.1. The highest BCUT2D eigenvalue weighted by Gasteiger charge is 2.41. The second kappa shape index (κ2) is 7.10. The van der Waals surface area contributed by atoms with Crippen LogP contribution in [-0.2, 0) is 10.2 Å². The molecule has 7 nitrogen and oxygen atoms in total. The Balaban J connectivity index is 1.56. The molecule has 8 heteroatoms. The normalized spacial score (nSPS) is 23.9. The lowest BCUT2D eigenvalue weighted by atomic mass is 9.79. The molecule has 158 valence electrons. The maximum atomic E-state index is 11.1. The fourth-order valence-electron chi connectivity index (χ4n) is 4.83. The van der Waals surface area contributed by atoms with Crippen LogP contribution in [0.5, 0.6) is 5.75 Å². The van der Waals surface area contributed by atoms with Crippen LogP contribution in [0, 0.1) is 0 Å². The Morgan fingerprint density at radius 3 is 2.73 bits per heavy atom. The number of ether oxygens (including phenoxy) is 1. The molecule has 1 fully saturated rings. The summed E-state index contributed by atoms with van der Waals surface area (Å²) in [5.74, 6) is 1.04. The molecular weight excluding hydrogens is 402 g/mol. The molecule has 0 amide bonds. The zero-order valence-corrected chi connectivity index (χ0v) is 18.2. The molecule has 1 aromatic heterocycles. The number of phenolic OH excluding ortho intramolecular Hbond substituents is 1. The molecule has 2 atom stereocenters. The first-order valence-electron chi connectivity index (χ1n) is 10.5. The van der Waals surface area contributed by atoms with Crippen molar-refractivity contribution in [1.29, 1.82) is 0 Å². The van der Waals surface area contributed by atoms with Gasteiger partial charge in [0.05, 0.1) is 18.6 Å². The molecule has 0 bridgehead atoms. The van der Waals surface area contributed by atoms with Crippen LogP contribution < -0.4 is 20.9 Å². The quantitative estimate of drug-likeness (QED) is 0.736. The predicted octanol–water partition coefficient (Wildman–Crippen LogP) is 2.71. The molecule has 0 radical (unpaired) electrons. The Morgan fingerprint density at radius 2 is 2.00 bits per heavy atom. The van der Waals surface area contributed by atoms with E-state index in [4.69, 9.17) is 26.3 Å². The van der Waals surface area contributed by atoms with Gasteiger partial charge in [0, 0.05) is 41.4 Å². The summed E-state index contributed by atoms with van der Waals surface area (Å²) in [6.07, 6.45) is 0.529. The minimum atomic E-state index is -0.446. The van der Waals surface area contributed by atoms with Gasteiger partial charge in [-0.15, -0.1) is 0 Å². The van der Waals surface area contributed by atoms with Crippen LogP contribution in [0.1, 0.15) is 44.5 Å². The van der Waals surface area contributed by atoms with Gasteiger partial charge < -0.3 is 20.1 Å². The van der Waals surface area contributed by atoms with Crippen molar-refractivity contribution in [3.63, 3.8) is 0 Å². The van der Waals surface area contributed by atoms with E-state index in [-0.39, 0.29) is 17.2 Å². The number of hydrogen-bond acceptors (Lipinski definition) is 7. The number of benzene rings is 1. The topological polar surface area (TPSA) is 82.3 Å². The zero-order chi connectivity index (χ0) is 21.0. The first-order chi connectivity index (χ1) is 14.4. The Bertz CT molecular complexity index is 1130. The van der Waals surface area contributed by atoms with Gasteiger partial charge in [0.2, 0.25) is 0 Å². The minimum absolute atomic E-state index is 0.180. The summed E-state index contributed by atoms with van der Waals surface area (Å²) in [5, 5.41) is 16.3. The molecule has 0 spiro atoms. The number of aromatic nitrogens is 1. The van der Waals surface area contributed by atoms with E-state index in [1.165, 1.54) is 0 Å². The first-order valence-corrected chi connectivity index (χ1v) is 10.8. The van der Waals surface area contributed by atoms with Gasteiger partial charge in [-0.1, -0.05) is 32.4 Å². The summed E-state index contributed by atoms with van der Waals surface area (Å²) >= 11 is 6.33. The molecule has 0 saturated carbocycles. The van der Waals surface area contributed by atoms with Gasteiger partial charge in [0.25, 0.3) is 0 Å². The van der Waals surface area contributed by atoms with Crippen molar-refractivity contribution < 1.29 is 9.84 Å². The summed E-state index contributed by atoms with van der Waals surface area (Å²) in [4.78, 5) is 16.2. The molecule has 2 N–H and O–H groups in total. The van der Waals surface area contributed by atoms with Gasteiger partial charge in [-0.05, 0) is 24.6 Å². The summed E-state index contributed by atoms with van der Waals surface area (Å²) in [6.45, 7) is 9.37. The van der Waals surface area contributed by atoms with Gasteiger partial charge in [-0.25, -0.2) is 9.98 Å². The molecular formula is C22H26ClN5O2. The Labute approximate surface area is 180 Å². The van der Waals surface area contributed by atoms with Gasteiger partial charge >= 0.3 is 0 Å². The number of pyridine rings is 1. The SMILES string of the molecule is CCC1Nc2cc3c(c(O)c2C1(C)C)=NC(c1cc(Cl)nc(N2CCOCC2)c1)N=3. The smallest absolute Gasteiger partial charge is 0.167 e. The highest BCUT2D eigenvalue weighted by atomic mass is 35.5. The van der Waals surface area contributed by atoms with Crippen molar-refractivity contribution in [2.45, 2.75) is 44.8 Å². The van der Waals surface area contributed by atoms with Crippen molar-refractivity contribution >= 4 is 23.1 Å². The number of aromatic hydroxyl groups is 1. The van der Waals surface area contributed by atoms with Crippen LogP contribution in [0.25, 0.3) is 0 Å². The number of morpholine rings is 1. The van der Waals surface area contributed by atoms with E-state index >= 15 is 0 Å². The Kier molecular flexibility index (Phi) is 4.63. The van der Waals surface area contributed by atoms with E-state index in [1.807, 2.05) is 12.1 Å². The van der Waals surface area contributed by atoms with Crippen LogP contribution in [0.2, 0.25) is 5.15 Å². The van der Waals surface area contributed by atoms with E-state index in [0.29, 0.717) is 29.1 Å². The summed E-state index contributed by atoms with van der Waals surface area (Å²) < 4.78 is 5.43. The van der Waals surface area contributed by atoms with Gasteiger partial charge in [-0.3, -0.25) is 4.99 Å². The number of hydrogen-bond donors (Lipinski definition) is 2. The lowest BCUT2D eigenvalue weighted by Crippen LogP contribution is -2.36. The van der Waals surface area contributed by atoms with Gasteiger partial charge in [-0.2, -0.15) is 0 Å². The number of phenols is 1. The maximum Gasteiger partial charge on any atom is 0.167 e. The highest BCUT2D eigenvalue weighted by molar-refractivity contribution is 6.29. The third kappa shape index (κ3) is 3.03. The van der Waals surface area contributed by atoms with Crippen LogP contribution in [-0.4, -0.2) is 42.4 Å². The number of nitrogens with one attached hydrogen (secondary N) is 1. The number of halogens is 1. The monoisotopic (exact) mass is 427 g/mol. The van der Waals surface area contributed by atoms with Crippen LogP contribution in [0.15, 0.2) is 28.2 Å². The largest absolute Gasteiger partial charge is 0.505 e. The zero-order valence-electron chi connectivity index (χ0n) is 17.4. The summed E-state index contributed by atoms with van der Waals surface area (Å²) in [6, 6.07) is 6.07. The standard InChI is InChI=1S/C22H26ClN5O2/c1-4-15-22(2,3)18-13(24-15)11-14-19(20(18)29)27-21(25-14)12-9-16(23)26-17(10-12)28-5-7-30-8-6-28/h9-11,15,21,24,29H,4-8H2,1-3H3. The average Bonchev–Trinajstić information content (AvgIpc) is 3.27. The molecule has 1 aromatic carbocycles. The van der Waals surface area contributed by atoms with Crippen molar-refractivity contribution in [3.05, 3.63) is 45.2 Å². The van der Waals surface area contributed by atoms with Crippen LogP contribution in [0.4, 0.5) is 11.5 Å². The highest BCUT2D eigenvalue weighted by Crippen LogP contribution is 2.45. The predicted molar refractivity (Wildman–Crippen MR) is 116 cm³/mol. The molecule has 2 aromatic rings. The second-order valence-corrected chi connectivity index (χ2v) is 9.04. The van der Waals surface area contributed by atoms with E-state index in [0.717, 1.165) is 42.1 Å². The van der Waals surface area contributed by atoms with Crippen molar-refractivity contribution in [1.82, 2.24) is 4.98 Å². The third-order valence-electron chi connectivity index (χ3n) is 6.46. The molecule has 3 aliphatic rings. The number of anilines is 2. The van der Waals surface area contributed by atoms with Crippen LogP contribution in [0.3, 0.4) is 0 Å². The number of nitrogens with zero attached hydrogens (tertiary/aromatic N) is 4. The Morgan fingerprint density at radius 1 is 1.23 bits per heavy atom. The first kappa shape index (κ1) is 19.6. The van der Waals surface area contributed by atoms with E-state index in [1.54, 1.807) is 6.07 Å². The summed E-state index contributed by atoms with van der Waals surface area (Å²) in [7, 11) is 0.